The highest BCUT2D eigenvalue weighted by molar-refractivity contribution is 5.44. The Balaban J connectivity index is 1.49. The highest BCUT2D eigenvalue weighted by atomic mass is 16.5. The Labute approximate surface area is 183 Å². The SMILES string of the molecule is COc1ccccc1CNc1nc(NCc2ccccc2)nc(NC2CCCCC2)n1. The molecule has 1 aliphatic carbocycles. The highest BCUT2D eigenvalue weighted by Gasteiger charge is 2.16. The Morgan fingerprint density at radius 3 is 2.16 bits per heavy atom. The standard InChI is InChI=1S/C24H30N6O/c1-31-21-15-9-8-12-19(21)17-26-23-28-22(25-16-18-10-4-2-5-11-18)29-24(30-23)27-20-13-6-3-7-14-20/h2,4-5,8-12,15,20H,3,6-7,13-14,16-17H2,1H3,(H3,25,26,27,28,29,30). The molecular formula is C24H30N6O. The van der Waals surface area contributed by atoms with Gasteiger partial charge in [-0.05, 0) is 24.5 Å². The van der Waals surface area contributed by atoms with E-state index < -0.39 is 0 Å². The summed E-state index contributed by atoms with van der Waals surface area (Å²) in [5.74, 6) is 2.54. The van der Waals surface area contributed by atoms with Gasteiger partial charge in [0.15, 0.2) is 0 Å². The fraction of sp³-hybridized carbons (Fsp3) is 0.375. The Hall–Kier alpha value is -3.35. The molecule has 0 radical (unpaired) electrons. The van der Waals surface area contributed by atoms with Crippen molar-refractivity contribution in [2.75, 3.05) is 23.1 Å². The van der Waals surface area contributed by atoms with Crippen LogP contribution in [0.25, 0.3) is 0 Å². The van der Waals surface area contributed by atoms with Gasteiger partial charge in [-0.1, -0.05) is 67.8 Å². The van der Waals surface area contributed by atoms with Crippen LogP contribution in [-0.4, -0.2) is 28.1 Å². The van der Waals surface area contributed by atoms with Gasteiger partial charge in [0.1, 0.15) is 5.75 Å². The van der Waals surface area contributed by atoms with E-state index in [1.807, 2.05) is 42.5 Å². The van der Waals surface area contributed by atoms with E-state index in [0.29, 0.717) is 37.0 Å². The average molecular weight is 419 g/mol. The van der Waals surface area contributed by atoms with Gasteiger partial charge >= 0.3 is 0 Å². The first-order chi connectivity index (χ1) is 15.3. The maximum atomic E-state index is 5.45. The molecule has 3 aromatic rings. The van der Waals surface area contributed by atoms with Crippen molar-refractivity contribution < 1.29 is 4.74 Å². The number of hydrogen-bond donors (Lipinski definition) is 3. The molecule has 31 heavy (non-hydrogen) atoms. The lowest BCUT2D eigenvalue weighted by Gasteiger charge is -2.23. The number of benzene rings is 2. The van der Waals surface area contributed by atoms with Gasteiger partial charge in [0, 0.05) is 24.7 Å². The van der Waals surface area contributed by atoms with E-state index in [9.17, 15) is 0 Å². The topological polar surface area (TPSA) is 84.0 Å². The van der Waals surface area contributed by atoms with Crippen molar-refractivity contribution in [1.29, 1.82) is 0 Å². The van der Waals surface area contributed by atoms with E-state index in [1.165, 1.54) is 24.8 Å². The first-order valence-corrected chi connectivity index (χ1v) is 11.0. The van der Waals surface area contributed by atoms with E-state index in [2.05, 4.69) is 43.0 Å². The van der Waals surface area contributed by atoms with E-state index in [4.69, 9.17) is 4.74 Å². The summed E-state index contributed by atoms with van der Waals surface area (Å²) < 4.78 is 5.45. The lowest BCUT2D eigenvalue weighted by molar-refractivity contribution is 0.410. The molecule has 0 aliphatic heterocycles. The Morgan fingerprint density at radius 1 is 0.774 bits per heavy atom. The zero-order chi connectivity index (χ0) is 21.3. The van der Waals surface area contributed by atoms with Crippen LogP contribution >= 0.6 is 0 Å². The van der Waals surface area contributed by atoms with Crippen LogP contribution in [0.2, 0.25) is 0 Å². The minimum absolute atomic E-state index is 0.417. The molecule has 1 aliphatic rings. The summed E-state index contributed by atoms with van der Waals surface area (Å²) in [6, 6.07) is 18.6. The first-order valence-electron chi connectivity index (χ1n) is 11.0. The van der Waals surface area contributed by atoms with E-state index >= 15 is 0 Å². The zero-order valence-corrected chi connectivity index (χ0v) is 18.0. The molecule has 3 N–H and O–H groups in total. The molecule has 1 fully saturated rings. The number of nitrogens with one attached hydrogen (secondary N) is 3. The fourth-order valence-electron chi connectivity index (χ4n) is 3.83. The van der Waals surface area contributed by atoms with Crippen molar-refractivity contribution in [2.24, 2.45) is 0 Å². The molecule has 1 saturated carbocycles. The van der Waals surface area contributed by atoms with Gasteiger partial charge in [-0.15, -0.1) is 0 Å². The van der Waals surface area contributed by atoms with Crippen LogP contribution < -0.4 is 20.7 Å². The van der Waals surface area contributed by atoms with Crippen molar-refractivity contribution in [3.8, 4) is 5.75 Å². The van der Waals surface area contributed by atoms with Crippen molar-refractivity contribution in [2.45, 2.75) is 51.2 Å². The zero-order valence-electron chi connectivity index (χ0n) is 18.0. The second-order valence-electron chi connectivity index (χ2n) is 7.79. The van der Waals surface area contributed by atoms with Gasteiger partial charge in [-0.25, -0.2) is 0 Å². The van der Waals surface area contributed by atoms with Crippen LogP contribution in [0.5, 0.6) is 5.75 Å². The second-order valence-corrected chi connectivity index (χ2v) is 7.79. The number of hydrogen-bond acceptors (Lipinski definition) is 7. The molecule has 162 valence electrons. The maximum Gasteiger partial charge on any atom is 0.229 e. The molecule has 1 aromatic heterocycles. The summed E-state index contributed by atoms with van der Waals surface area (Å²) in [4.78, 5) is 13.8. The predicted octanol–water partition coefficient (Wildman–Crippen LogP) is 4.85. The molecule has 0 unspecified atom stereocenters. The van der Waals surface area contributed by atoms with Crippen molar-refractivity contribution >= 4 is 17.8 Å². The fourth-order valence-corrected chi connectivity index (χ4v) is 3.83. The van der Waals surface area contributed by atoms with Gasteiger partial charge in [0.25, 0.3) is 0 Å². The van der Waals surface area contributed by atoms with Crippen molar-refractivity contribution in [3.05, 3.63) is 65.7 Å². The number of aromatic nitrogens is 3. The monoisotopic (exact) mass is 418 g/mol. The second kappa shape index (κ2) is 10.6. The van der Waals surface area contributed by atoms with E-state index in [0.717, 1.165) is 24.2 Å². The van der Waals surface area contributed by atoms with Crippen LogP contribution in [0.1, 0.15) is 43.2 Å². The smallest absolute Gasteiger partial charge is 0.229 e. The Bertz CT molecular complexity index is 959. The molecule has 7 nitrogen and oxygen atoms in total. The summed E-state index contributed by atoms with van der Waals surface area (Å²) in [7, 11) is 1.68. The Morgan fingerprint density at radius 2 is 1.42 bits per heavy atom. The summed E-state index contributed by atoms with van der Waals surface area (Å²) in [6.45, 7) is 1.22. The maximum absolute atomic E-state index is 5.45. The lowest BCUT2D eigenvalue weighted by atomic mass is 9.96. The molecule has 7 heteroatoms. The van der Waals surface area contributed by atoms with Crippen LogP contribution in [0.4, 0.5) is 17.8 Å². The molecule has 1 heterocycles. The van der Waals surface area contributed by atoms with Crippen molar-refractivity contribution in [1.82, 2.24) is 15.0 Å². The number of anilines is 3. The summed E-state index contributed by atoms with van der Waals surface area (Å²) in [6.07, 6.45) is 6.12. The average Bonchev–Trinajstić information content (AvgIpc) is 2.83. The normalized spacial score (nSPS) is 14.1. The molecule has 0 saturated heterocycles. The molecular weight excluding hydrogens is 388 g/mol. The van der Waals surface area contributed by atoms with Crippen LogP contribution in [0, 0.1) is 0 Å². The molecule has 4 rings (SSSR count). The van der Waals surface area contributed by atoms with Crippen LogP contribution in [0.15, 0.2) is 54.6 Å². The molecule has 0 bridgehead atoms. The third kappa shape index (κ3) is 6.07. The molecule has 0 spiro atoms. The number of ether oxygens (including phenoxy) is 1. The van der Waals surface area contributed by atoms with Crippen LogP contribution in [0.3, 0.4) is 0 Å². The summed E-state index contributed by atoms with van der Waals surface area (Å²) in [5.41, 5.74) is 2.22. The summed E-state index contributed by atoms with van der Waals surface area (Å²) >= 11 is 0. The van der Waals surface area contributed by atoms with Crippen LogP contribution in [-0.2, 0) is 13.1 Å². The molecule has 2 aromatic carbocycles. The molecule has 0 amide bonds. The number of methoxy groups -OCH3 is 1. The minimum atomic E-state index is 0.417. The Kier molecular flexibility index (Phi) is 7.16. The minimum Gasteiger partial charge on any atom is -0.496 e. The third-order valence-electron chi connectivity index (χ3n) is 5.50. The third-order valence-corrected chi connectivity index (χ3v) is 5.50. The van der Waals surface area contributed by atoms with Crippen molar-refractivity contribution in [3.63, 3.8) is 0 Å². The van der Waals surface area contributed by atoms with Gasteiger partial charge in [-0.2, -0.15) is 15.0 Å². The highest BCUT2D eigenvalue weighted by Crippen LogP contribution is 2.22. The first kappa shape index (κ1) is 20.9. The quantitative estimate of drug-likeness (QED) is 0.458. The molecule has 0 atom stereocenters. The summed E-state index contributed by atoms with van der Waals surface area (Å²) in [5, 5.41) is 10.2. The van der Waals surface area contributed by atoms with Gasteiger partial charge < -0.3 is 20.7 Å². The van der Waals surface area contributed by atoms with Gasteiger partial charge in [0.2, 0.25) is 17.8 Å². The predicted molar refractivity (Wildman–Crippen MR) is 124 cm³/mol. The largest absolute Gasteiger partial charge is 0.496 e. The van der Waals surface area contributed by atoms with E-state index in [-0.39, 0.29) is 0 Å². The van der Waals surface area contributed by atoms with Gasteiger partial charge in [0.05, 0.1) is 7.11 Å². The number of nitrogens with zero attached hydrogens (tertiary/aromatic N) is 3. The van der Waals surface area contributed by atoms with Gasteiger partial charge in [-0.3, -0.25) is 0 Å². The number of para-hydroxylation sites is 1. The lowest BCUT2D eigenvalue weighted by Crippen LogP contribution is -2.24. The van der Waals surface area contributed by atoms with E-state index in [1.54, 1.807) is 7.11 Å². The number of rotatable bonds is 9.